The lowest BCUT2D eigenvalue weighted by atomic mass is 10.1. The molecule has 0 aliphatic rings. The van der Waals surface area contributed by atoms with Crippen LogP contribution in [0.4, 0.5) is 9.59 Å². The van der Waals surface area contributed by atoms with Crippen LogP contribution in [0.2, 0.25) is 0 Å². The first-order valence-electron chi connectivity index (χ1n) is 6.62. The van der Waals surface area contributed by atoms with E-state index in [4.69, 9.17) is 0 Å². The van der Waals surface area contributed by atoms with Crippen molar-refractivity contribution in [2.24, 2.45) is 0 Å². The summed E-state index contributed by atoms with van der Waals surface area (Å²) in [6.45, 7) is 12.6. The average molecular weight is 272 g/mol. The SMILES string of the molecule is CC(C)(C)NC(=O)NCCCNC(=O)NC(C)(C)C. The van der Waals surface area contributed by atoms with Crippen molar-refractivity contribution in [2.45, 2.75) is 59.0 Å². The van der Waals surface area contributed by atoms with Crippen molar-refractivity contribution in [2.75, 3.05) is 13.1 Å². The number of hydrogen-bond acceptors (Lipinski definition) is 2. The molecular formula is C13H28N4O2. The van der Waals surface area contributed by atoms with Crippen LogP contribution in [0, 0.1) is 0 Å². The van der Waals surface area contributed by atoms with E-state index in [2.05, 4.69) is 21.3 Å². The Kier molecular flexibility index (Phi) is 6.65. The minimum atomic E-state index is -0.241. The maximum atomic E-state index is 11.4. The van der Waals surface area contributed by atoms with Gasteiger partial charge in [0.1, 0.15) is 0 Å². The fourth-order valence-electron chi connectivity index (χ4n) is 1.26. The highest BCUT2D eigenvalue weighted by Crippen LogP contribution is 1.98. The molecule has 0 aromatic carbocycles. The van der Waals surface area contributed by atoms with E-state index < -0.39 is 0 Å². The minimum absolute atomic E-state index is 0.188. The van der Waals surface area contributed by atoms with Crippen LogP contribution in [0.5, 0.6) is 0 Å². The first kappa shape index (κ1) is 17.5. The molecule has 0 fully saturated rings. The van der Waals surface area contributed by atoms with Gasteiger partial charge >= 0.3 is 12.1 Å². The van der Waals surface area contributed by atoms with Crippen LogP contribution >= 0.6 is 0 Å². The zero-order chi connectivity index (χ0) is 15.1. The van der Waals surface area contributed by atoms with Gasteiger partial charge in [-0.15, -0.1) is 0 Å². The molecule has 0 aliphatic heterocycles. The third-order valence-corrected chi connectivity index (χ3v) is 1.90. The molecule has 0 saturated carbocycles. The standard InChI is InChI=1S/C13H28N4O2/c1-12(2,3)16-10(18)14-8-7-9-15-11(19)17-13(4,5)6/h7-9H2,1-6H3,(H2,14,16,18)(H2,15,17,19). The molecule has 0 aromatic heterocycles. The van der Waals surface area contributed by atoms with Gasteiger partial charge in [0.05, 0.1) is 0 Å². The van der Waals surface area contributed by atoms with Crippen LogP contribution < -0.4 is 21.3 Å². The largest absolute Gasteiger partial charge is 0.338 e. The lowest BCUT2D eigenvalue weighted by Crippen LogP contribution is -2.48. The number of urea groups is 2. The highest BCUT2D eigenvalue weighted by atomic mass is 16.2. The van der Waals surface area contributed by atoms with Crippen LogP contribution in [0.3, 0.4) is 0 Å². The maximum Gasteiger partial charge on any atom is 0.315 e. The van der Waals surface area contributed by atoms with Crippen molar-refractivity contribution >= 4 is 12.1 Å². The van der Waals surface area contributed by atoms with E-state index >= 15 is 0 Å². The second kappa shape index (κ2) is 7.21. The van der Waals surface area contributed by atoms with Crippen molar-refractivity contribution < 1.29 is 9.59 Å². The third-order valence-electron chi connectivity index (χ3n) is 1.90. The third kappa shape index (κ3) is 12.8. The molecule has 0 aliphatic carbocycles. The normalized spacial score (nSPS) is 11.7. The summed E-state index contributed by atoms with van der Waals surface area (Å²) >= 11 is 0. The highest BCUT2D eigenvalue weighted by molar-refractivity contribution is 5.75. The fourth-order valence-corrected chi connectivity index (χ4v) is 1.26. The van der Waals surface area contributed by atoms with E-state index in [-0.39, 0.29) is 23.1 Å². The van der Waals surface area contributed by atoms with Gasteiger partial charge in [0.15, 0.2) is 0 Å². The Morgan fingerprint density at radius 1 is 0.737 bits per heavy atom. The Hall–Kier alpha value is -1.46. The zero-order valence-electron chi connectivity index (χ0n) is 12.9. The number of carbonyl (C=O) groups excluding carboxylic acids is 2. The molecule has 0 aromatic rings. The topological polar surface area (TPSA) is 82.3 Å². The van der Waals surface area contributed by atoms with E-state index in [1.807, 2.05) is 41.5 Å². The van der Waals surface area contributed by atoms with Crippen LogP contribution in [0.15, 0.2) is 0 Å². The van der Waals surface area contributed by atoms with Crippen molar-refractivity contribution in [1.82, 2.24) is 21.3 Å². The first-order chi connectivity index (χ1) is 8.49. The Balaban J connectivity index is 3.61. The van der Waals surface area contributed by atoms with Crippen LogP contribution in [0.1, 0.15) is 48.0 Å². The summed E-state index contributed by atoms with van der Waals surface area (Å²) in [5, 5.41) is 11.1. The molecule has 0 heterocycles. The highest BCUT2D eigenvalue weighted by Gasteiger charge is 2.13. The second-order valence-electron chi connectivity index (χ2n) is 6.62. The summed E-state index contributed by atoms with van der Waals surface area (Å²) in [7, 11) is 0. The van der Waals surface area contributed by atoms with Gasteiger partial charge in [-0.3, -0.25) is 0 Å². The van der Waals surface area contributed by atoms with Crippen molar-refractivity contribution in [3.8, 4) is 0 Å². The van der Waals surface area contributed by atoms with E-state index in [1.54, 1.807) is 0 Å². The Morgan fingerprint density at radius 3 is 1.32 bits per heavy atom. The lowest BCUT2D eigenvalue weighted by Gasteiger charge is -2.21. The van der Waals surface area contributed by atoms with Crippen molar-refractivity contribution in [3.63, 3.8) is 0 Å². The van der Waals surface area contributed by atoms with Gasteiger partial charge in [-0.2, -0.15) is 0 Å². The number of amides is 4. The minimum Gasteiger partial charge on any atom is -0.338 e. The van der Waals surface area contributed by atoms with Crippen LogP contribution in [-0.2, 0) is 0 Å². The van der Waals surface area contributed by atoms with Gasteiger partial charge < -0.3 is 21.3 Å². The van der Waals surface area contributed by atoms with Crippen molar-refractivity contribution in [3.05, 3.63) is 0 Å². The summed E-state index contributed by atoms with van der Waals surface area (Å²) in [4.78, 5) is 22.8. The summed E-state index contributed by atoms with van der Waals surface area (Å²) in [6.07, 6.45) is 0.690. The first-order valence-corrected chi connectivity index (χ1v) is 6.62. The number of carbonyl (C=O) groups is 2. The Labute approximate surface area is 116 Å². The molecule has 0 bridgehead atoms. The van der Waals surface area contributed by atoms with Gasteiger partial charge in [-0.05, 0) is 48.0 Å². The summed E-state index contributed by atoms with van der Waals surface area (Å²) in [5.41, 5.74) is -0.482. The summed E-state index contributed by atoms with van der Waals surface area (Å²) in [6, 6.07) is -0.377. The quantitative estimate of drug-likeness (QED) is 0.586. The van der Waals surface area contributed by atoms with E-state index in [0.29, 0.717) is 19.5 Å². The molecule has 112 valence electrons. The average Bonchev–Trinajstić information content (AvgIpc) is 2.10. The van der Waals surface area contributed by atoms with Crippen LogP contribution in [-0.4, -0.2) is 36.2 Å². The molecule has 0 spiro atoms. The maximum absolute atomic E-state index is 11.4. The van der Waals surface area contributed by atoms with Crippen LogP contribution in [0.25, 0.3) is 0 Å². The molecule has 4 N–H and O–H groups in total. The monoisotopic (exact) mass is 272 g/mol. The van der Waals surface area contributed by atoms with Gasteiger partial charge in [-0.1, -0.05) is 0 Å². The molecule has 0 radical (unpaired) electrons. The lowest BCUT2D eigenvalue weighted by molar-refractivity contribution is 0.231. The van der Waals surface area contributed by atoms with E-state index in [0.717, 1.165) is 0 Å². The van der Waals surface area contributed by atoms with Gasteiger partial charge in [0.25, 0.3) is 0 Å². The van der Waals surface area contributed by atoms with Gasteiger partial charge in [-0.25, -0.2) is 9.59 Å². The molecule has 0 atom stereocenters. The fraction of sp³-hybridized carbons (Fsp3) is 0.846. The number of nitrogens with one attached hydrogen (secondary N) is 4. The number of hydrogen-bond donors (Lipinski definition) is 4. The second-order valence-corrected chi connectivity index (χ2v) is 6.62. The van der Waals surface area contributed by atoms with Gasteiger partial charge in [0.2, 0.25) is 0 Å². The molecule has 6 heteroatoms. The van der Waals surface area contributed by atoms with Crippen molar-refractivity contribution in [1.29, 1.82) is 0 Å². The van der Waals surface area contributed by atoms with E-state index in [1.165, 1.54) is 0 Å². The Morgan fingerprint density at radius 2 is 1.05 bits per heavy atom. The predicted molar refractivity (Wildman–Crippen MR) is 77.2 cm³/mol. The molecular weight excluding hydrogens is 244 g/mol. The Bertz CT molecular complexity index is 273. The molecule has 0 saturated heterocycles. The molecule has 4 amide bonds. The number of rotatable bonds is 4. The summed E-state index contributed by atoms with van der Waals surface area (Å²) in [5.74, 6) is 0. The smallest absolute Gasteiger partial charge is 0.315 e. The molecule has 0 unspecified atom stereocenters. The molecule has 19 heavy (non-hydrogen) atoms. The zero-order valence-corrected chi connectivity index (χ0v) is 12.9. The van der Waals surface area contributed by atoms with Gasteiger partial charge in [0, 0.05) is 24.2 Å². The molecule has 0 rings (SSSR count). The molecule has 6 nitrogen and oxygen atoms in total. The van der Waals surface area contributed by atoms with E-state index in [9.17, 15) is 9.59 Å². The summed E-state index contributed by atoms with van der Waals surface area (Å²) < 4.78 is 0. The predicted octanol–water partition coefficient (Wildman–Crippen LogP) is 1.57.